The zero-order chi connectivity index (χ0) is 10.9. The number of ketones is 2. The zero-order valence-corrected chi connectivity index (χ0v) is 7.17. The summed E-state index contributed by atoms with van der Waals surface area (Å²) in [5.41, 5.74) is 0. The number of carbonyl (C=O) groups excluding carboxylic acids is 2. The molecule has 2 nitrogen and oxygen atoms in total. The molecule has 9 heteroatoms. The first-order chi connectivity index (χ1) is 5.63. The Hall–Kier alpha value is -0.574. The molecule has 0 rings (SSSR count). The summed E-state index contributed by atoms with van der Waals surface area (Å²) in [6.45, 7) is -2.63. The van der Waals surface area contributed by atoms with Crippen molar-refractivity contribution in [1.82, 2.24) is 0 Å². The molecule has 0 aliphatic carbocycles. The molecule has 85 valence electrons. The van der Waals surface area contributed by atoms with E-state index in [1.54, 1.807) is 0 Å². The second-order valence-electron chi connectivity index (χ2n) is 1.99. The van der Waals surface area contributed by atoms with Crippen molar-refractivity contribution in [2.45, 2.75) is 12.1 Å². The number of alkyl halides is 6. The second-order valence-corrected chi connectivity index (χ2v) is 1.99. The van der Waals surface area contributed by atoms with Gasteiger partial charge in [0.25, 0.3) is 5.78 Å². The van der Waals surface area contributed by atoms with E-state index in [0.29, 0.717) is 0 Å². The summed E-state index contributed by atoms with van der Waals surface area (Å²) in [6.07, 6.45) is -5.70. The fourth-order valence-electron chi connectivity index (χ4n) is 0.356. The normalized spacial score (nSPS) is 11.9. The molecule has 0 bridgehead atoms. The first-order valence-electron chi connectivity index (χ1n) is 2.72. The number of halogens is 6. The topological polar surface area (TPSA) is 34.1 Å². The van der Waals surface area contributed by atoms with Crippen molar-refractivity contribution < 1.29 is 52.7 Å². The first kappa shape index (κ1) is 15.9. The smallest absolute Gasteiger partial charge is 0.284 e. The summed E-state index contributed by atoms with van der Waals surface area (Å²) in [6, 6.07) is 0. The molecule has 0 aliphatic heterocycles. The van der Waals surface area contributed by atoms with Crippen LogP contribution in [0.15, 0.2) is 0 Å². The molecule has 0 atom stereocenters. The molecule has 0 aromatic heterocycles. The Bertz CT molecular complexity index is 235. The van der Waals surface area contributed by atoms with E-state index >= 15 is 0 Å². The average molecular weight is 267 g/mol. The van der Waals surface area contributed by atoms with Gasteiger partial charge < -0.3 is 0 Å². The van der Waals surface area contributed by atoms with Crippen LogP contribution in [0.2, 0.25) is 0 Å². The fourth-order valence-corrected chi connectivity index (χ4v) is 0.356. The van der Waals surface area contributed by atoms with Crippen LogP contribution in [0.3, 0.4) is 0 Å². The van der Waals surface area contributed by atoms with Crippen molar-refractivity contribution >= 4 is 11.6 Å². The summed E-state index contributed by atoms with van der Waals surface area (Å²) >= 11 is 0. The van der Waals surface area contributed by atoms with Crippen LogP contribution in [-0.4, -0.2) is 30.3 Å². The van der Waals surface area contributed by atoms with Crippen molar-refractivity contribution in [2.75, 3.05) is 6.67 Å². The van der Waals surface area contributed by atoms with Crippen molar-refractivity contribution in [1.29, 1.82) is 0 Å². The molecule has 0 fully saturated rings. The predicted molar refractivity (Wildman–Crippen MR) is 27.0 cm³/mol. The average Bonchev–Trinajstić information content (AvgIpc) is 2.00. The standard InChI is InChI=1S/C5H2F6O2.Co/c6-1-4(7,8)2(12)3(13)5(9,10)11;/h1H2;. The Morgan fingerprint density at radius 1 is 0.929 bits per heavy atom. The van der Waals surface area contributed by atoms with Crippen LogP contribution in [0.1, 0.15) is 0 Å². The van der Waals surface area contributed by atoms with Gasteiger partial charge >= 0.3 is 17.9 Å². The van der Waals surface area contributed by atoms with Gasteiger partial charge in [-0.25, -0.2) is 4.39 Å². The Morgan fingerprint density at radius 3 is 1.50 bits per heavy atom. The summed E-state index contributed by atoms with van der Waals surface area (Å²) in [7, 11) is 0. The predicted octanol–water partition coefficient (Wildman–Crippen LogP) is 1.29. The van der Waals surface area contributed by atoms with E-state index in [-0.39, 0.29) is 16.8 Å². The number of hydrogen-bond donors (Lipinski definition) is 0. The quantitative estimate of drug-likeness (QED) is 0.570. The first-order valence-corrected chi connectivity index (χ1v) is 2.72. The minimum Gasteiger partial charge on any atom is -0.284 e. The van der Waals surface area contributed by atoms with Crippen molar-refractivity contribution in [2.24, 2.45) is 0 Å². The second kappa shape index (κ2) is 4.78. The van der Waals surface area contributed by atoms with Gasteiger partial charge in [-0.3, -0.25) is 9.59 Å². The third kappa shape index (κ3) is 3.66. The molecule has 0 aliphatic rings. The van der Waals surface area contributed by atoms with Gasteiger partial charge in [0.2, 0.25) is 0 Å². The molecule has 0 aromatic rings. The van der Waals surface area contributed by atoms with Crippen molar-refractivity contribution in [3.05, 3.63) is 0 Å². The van der Waals surface area contributed by atoms with Crippen LogP contribution < -0.4 is 0 Å². The van der Waals surface area contributed by atoms with Crippen molar-refractivity contribution in [3.8, 4) is 0 Å². The molecule has 0 N–H and O–H groups in total. The molecule has 0 unspecified atom stereocenters. The van der Waals surface area contributed by atoms with Gasteiger partial charge in [-0.15, -0.1) is 0 Å². The summed E-state index contributed by atoms with van der Waals surface area (Å²) < 4.78 is 69.1. The molecule has 14 heavy (non-hydrogen) atoms. The van der Waals surface area contributed by atoms with Gasteiger partial charge in [0.05, 0.1) is 0 Å². The number of hydrogen-bond acceptors (Lipinski definition) is 2. The number of rotatable bonds is 3. The maximum Gasteiger partial charge on any atom is 0.458 e. The van der Waals surface area contributed by atoms with Gasteiger partial charge in [0.15, 0.2) is 6.67 Å². The third-order valence-corrected chi connectivity index (χ3v) is 0.964. The molecule has 0 aromatic carbocycles. The van der Waals surface area contributed by atoms with E-state index in [0.717, 1.165) is 0 Å². The Kier molecular flexibility index (Phi) is 5.42. The monoisotopic (exact) mass is 267 g/mol. The molecule has 0 amide bonds. The van der Waals surface area contributed by atoms with Crippen LogP contribution in [0, 0.1) is 0 Å². The summed E-state index contributed by atoms with van der Waals surface area (Å²) in [5.74, 6) is -11.2. The molecule has 0 saturated carbocycles. The minimum atomic E-state index is -5.70. The Balaban J connectivity index is 0. The van der Waals surface area contributed by atoms with Crippen LogP contribution in [0.4, 0.5) is 26.3 Å². The summed E-state index contributed by atoms with van der Waals surface area (Å²) in [5, 5.41) is 0. The molecule has 0 saturated heterocycles. The minimum absolute atomic E-state index is 0. The van der Waals surface area contributed by atoms with Crippen molar-refractivity contribution in [3.63, 3.8) is 0 Å². The van der Waals surface area contributed by atoms with Gasteiger partial charge in [0.1, 0.15) is 0 Å². The van der Waals surface area contributed by atoms with Crippen LogP contribution in [-0.2, 0) is 26.4 Å². The Labute approximate surface area is 83.8 Å². The van der Waals surface area contributed by atoms with Gasteiger partial charge in [-0.05, 0) is 0 Å². The van der Waals surface area contributed by atoms with Gasteiger partial charge in [0, 0.05) is 16.8 Å². The van der Waals surface area contributed by atoms with Crippen LogP contribution in [0.5, 0.6) is 0 Å². The molecule has 1 radical (unpaired) electrons. The number of Topliss-reactive ketones (excluding diaryl/α,β-unsaturated/α-hetero) is 2. The maximum atomic E-state index is 11.9. The van der Waals surface area contributed by atoms with E-state index in [1.807, 2.05) is 0 Å². The third-order valence-electron chi connectivity index (χ3n) is 0.964. The van der Waals surface area contributed by atoms with Crippen LogP contribution >= 0.6 is 0 Å². The largest absolute Gasteiger partial charge is 0.458 e. The van der Waals surface area contributed by atoms with E-state index in [4.69, 9.17) is 0 Å². The van der Waals surface area contributed by atoms with Crippen LogP contribution in [0.25, 0.3) is 0 Å². The molecular weight excluding hydrogens is 265 g/mol. The number of carbonyl (C=O) groups is 2. The zero-order valence-electron chi connectivity index (χ0n) is 6.12. The summed E-state index contributed by atoms with van der Waals surface area (Å²) in [4.78, 5) is 19.8. The van der Waals surface area contributed by atoms with Gasteiger partial charge in [-0.2, -0.15) is 22.0 Å². The molecule has 0 spiro atoms. The van der Waals surface area contributed by atoms with Gasteiger partial charge in [-0.1, -0.05) is 0 Å². The molecule has 0 heterocycles. The van der Waals surface area contributed by atoms with E-state index in [9.17, 15) is 35.9 Å². The van der Waals surface area contributed by atoms with E-state index in [1.165, 1.54) is 0 Å². The Morgan fingerprint density at radius 2 is 1.29 bits per heavy atom. The fraction of sp³-hybridized carbons (Fsp3) is 0.600. The maximum absolute atomic E-state index is 11.9. The van der Waals surface area contributed by atoms with E-state index in [2.05, 4.69) is 0 Å². The van der Waals surface area contributed by atoms with E-state index < -0.39 is 30.3 Å². The molecular formula is C5H2CoF6O2. The SMILES string of the molecule is O=C(C(=O)C(F)(F)CF)C(F)(F)F.[Co].